The van der Waals surface area contributed by atoms with Crippen LogP contribution in [-0.4, -0.2) is 24.0 Å². The highest BCUT2D eigenvalue weighted by molar-refractivity contribution is 5.94. The quantitative estimate of drug-likeness (QED) is 0.823. The average Bonchev–Trinajstić information content (AvgIpc) is 2.71. The van der Waals surface area contributed by atoms with Gasteiger partial charge in [0.15, 0.2) is 0 Å². The zero-order chi connectivity index (χ0) is 11.5. The van der Waals surface area contributed by atoms with Gasteiger partial charge in [-0.05, 0) is 31.0 Å². The molecule has 4 nitrogen and oxygen atoms in total. The topological polar surface area (TPSA) is 59.2 Å². The number of carbonyl (C=O) groups excluding carboxylic acids is 1. The van der Waals surface area contributed by atoms with E-state index >= 15 is 0 Å². The van der Waals surface area contributed by atoms with Crippen LogP contribution in [0.1, 0.15) is 19.0 Å². The van der Waals surface area contributed by atoms with Crippen LogP contribution in [-0.2, 0) is 11.2 Å². The summed E-state index contributed by atoms with van der Waals surface area (Å²) < 4.78 is 0. The van der Waals surface area contributed by atoms with Crippen molar-refractivity contribution < 1.29 is 4.79 Å². The Kier molecular flexibility index (Phi) is 3.19. The number of nitrogens with zero attached hydrogens (tertiary/aromatic N) is 2. The third kappa shape index (κ3) is 2.07. The second kappa shape index (κ2) is 4.61. The molecule has 4 heteroatoms. The number of hydrogen-bond acceptors (Lipinski definition) is 3. The molecule has 0 aromatic carbocycles. The van der Waals surface area contributed by atoms with Crippen molar-refractivity contribution in [2.45, 2.75) is 19.8 Å². The summed E-state index contributed by atoms with van der Waals surface area (Å²) in [4.78, 5) is 18.0. The van der Waals surface area contributed by atoms with Crippen molar-refractivity contribution in [1.82, 2.24) is 4.98 Å². The summed E-state index contributed by atoms with van der Waals surface area (Å²) in [5.74, 6) is 1.18. The standard InChI is InChI=1S/C12H17N3O/c1-2-10-4-3-5-11(14-10)15-8-9(7-13)6-12(15)16/h3-5,9H,2,6-8,13H2,1H3. The van der Waals surface area contributed by atoms with E-state index in [2.05, 4.69) is 11.9 Å². The van der Waals surface area contributed by atoms with Gasteiger partial charge in [-0.2, -0.15) is 0 Å². The molecule has 1 saturated heterocycles. The Morgan fingerprint density at radius 3 is 3.00 bits per heavy atom. The fraction of sp³-hybridized carbons (Fsp3) is 0.500. The molecule has 1 amide bonds. The van der Waals surface area contributed by atoms with Crippen molar-refractivity contribution in [3.05, 3.63) is 23.9 Å². The van der Waals surface area contributed by atoms with Gasteiger partial charge in [0.25, 0.3) is 0 Å². The van der Waals surface area contributed by atoms with E-state index in [1.807, 2.05) is 18.2 Å². The molecule has 1 atom stereocenters. The molecule has 1 aromatic heterocycles. The summed E-state index contributed by atoms with van der Waals surface area (Å²) in [5, 5.41) is 0. The van der Waals surface area contributed by atoms with Crippen LogP contribution in [0.4, 0.5) is 5.82 Å². The Balaban J connectivity index is 2.20. The summed E-state index contributed by atoms with van der Waals surface area (Å²) in [7, 11) is 0. The van der Waals surface area contributed by atoms with Crippen molar-refractivity contribution in [1.29, 1.82) is 0 Å². The maximum Gasteiger partial charge on any atom is 0.228 e. The highest BCUT2D eigenvalue weighted by atomic mass is 16.2. The van der Waals surface area contributed by atoms with E-state index in [0.717, 1.165) is 17.9 Å². The van der Waals surface area contributed by atoms with Gasteiger partial charge in [0.1, 0.15) is 5.82 Å². The van der Waals surface area contributed by atoms with Crippen molar-refractivity contribution in [3.63, 3.8) is 0 Å². The van der Waals surface area contributed by atoms with Crippen molar-refractivity contribution in [2.24, 2.45) is 11.7 Å². The third-order valence-corrected chi connectivity index (χ3v) is 2.97. The van der Waals surface area contributed by atoms with Gasteiger partial charge < -0.3 is 5.73 Å². The van der Waals surface area contributed by atoms with Gasteiger partial charge in [0.05, 0.1) is 0 Å². The maximum absolute atomic E-state index is 11.8. The smallest absolute Gasteiger partial charge is 0.228 e. The van der Waals surface area contributed by atoms with Crippen molar-refractivity contribution in [2.75, 3.05) is 18.0 Å². The number of hydrogen-bond donors (Lipinski definition) is 1. The average molecular weight is 219 g/mol. The van der Waals surface area contributed by atoms with Crippen LogP contribution in [0.15, 0.2) is 18.2 Å². The highest BCUT2D eigenvalue weighted by Crippen LogP contribution is 2.22. The number of aromatic nitrogens is 1. The van der Waals surface area contributed by atoms with Crippen LogP contribution in [0, 0.1) is 5.92 Å². The normalized spacial score (nSPS) is 20.5. The summed E-state index contributed by atoms with van der Waals surface area (Å²) in [6.07, 6.45) is 1.44. The molecule has 1 unspecified atom stereocenters. The lowest BCUT2D eigenvalue weighted by Gasteiger charge is -2.15. The SMILES string of the molecule is CCc1cccc(N2CC(CN)CC2=O)n1. The molecule has 2 N–H and O–H groups in total. The van der Waals surface area contributed by atoms with Crippen LogP contribution < -0.4 is 10.6 Å². The molecule has 2 heterocycles. The lowest BCUT2D eigenvalue weighted by atomic mass is 10.1. The molecule has 86 valence electrons. The molecular formula is C12H17N3O. The minimum Gasteiger partial charge on any atom is -0.330 e. The predicted octanol–water partition coefficient (Wildman–Crippen LogP) is 0.956. The second-order valence-corrected chi connectivity index (χ2v) is 4.15. The summed E-state index contributed by atoms with van der Waals surface area (Å²) in [5.41, 5.74) is 6.61. The lowest BCUT2D eigenvalue weighted by Crippen LogP contribution is -2.26. The van der Waals surface area contributed by atoms with E-state index in [-0.39, 0.29) is 11.8 Å². The van der Waals surface area contributed by atoms with Crippen LogP contribution in [0.5, 0.6) is 0 Å². The number of amides is 1. The minimum atomic E-state index is 0.135. The molecule has 1 aromatic rings. The number of rotatable bonds is 3. The van der Waals surface area contributed by atoms with E-state index in [0.29, 0.717) is 19.5 Å². The monoisotopic (exact) mass is 219 g/mol. The molecule has 2 rings (SSSR count). The van der Waals surface area contributed by atoms with Gasteiger partial charge in [-0.3, -0.25) is 9.69 Å². The molecular weight excluding hydrogens is 202 g/mol. The zero-order valence-corrected chi connectivity index (χ0v) is 9.52. The Bertz CT molecular complexity index is 392. The molecule has 0 bridgehead atoms. The first-order chi connectivity index (χ1) is 7.74. The van der Waals surface area contributed by atoms with E-state index in [1.54, 1.807) is 4.90 Å². The van der Waals surface area contributed by atoms with Gasteiger partial charge in [-0.25, -0.2) is 4.98 Å². The van der Waals surface area contributed by atoms with Crippen molar-refractivity contribution in [3.8, 4) is 0 Å². The number of nitrogens with two attached hydrogens (primary N) is 1. The Labute approximate surface area is 95.5 Å². The van der Waals surface area contributed by atoms with E-state index in [4.69, 9.17) is 5.73 Å². The first kappa shape index (κ1) is 11.1. The van der Waals surface area contributed by atoms with Gasteiger partial charge in [-0.1, -0.05) is 13.0 Å². The number of anilines is 1. The Morgan fingerprint density at radius 2 is 2.38 bits per heavy atom. The lowest BCUT2D eigenvalue weighted by molar-refractivity contribution is -0.117. The second-order valence-electron chi connectivity index (χ2n) is 4.15. The van der Waals surface area contributed by atoms with Gasteiger partial charge in [0, 0.05) is 18.7 Å². The number of aryl methyl sites for hydroxylation is 1. The summed E-state index contributed by atoms with van der Waals surface area (Å²) >= 11 is 0. The molecule has 1 aliphatic heterocycles. The van der Waals surface area contributed by atoms with Crippen LogP contribution in [0.3, 0.4) is 0 Å². The van der Waals surface area contributed by atoms with E-state index in [9.17, 15) is 4.79 Å². The van der Waals surface area contributed by atoms with Crippen LogP contribution >= 0.6 is 0 Å². The zero-order valence-electron chi connectivity index (χ0n) is 9.52. The fourth-order valence-corrected chi connectivity index (χ4v) is 1.98. The first-order valence-corrected chi connectivity index (χ1v) is 5.71. The van der Waals surface area contributed by atoms with Crippen LogP contribution in [0.25, 0.3) is 0 Å². The number of pyridine rings is 1. The minimum absolute atomic E-state index is 0.135. The molecule has 1 aliphatic rings. The molecule has 16 heavy (non-hydrogen) atoms. The Hall–Kier alpha value is -1.42. The molecule has 1 fully saturated rings. The van der Waals surface area contributed by atoms with Gasteiger partial charge in [0.2, 0.25) is 5.91 Å². The van der Waals surface area contributed by atoms with E-state index < -0.39 is 0 Å². The Morgan fingerprint density at radius 1 is 1.56 bits per heavy atom. The predicted molar refractivity (Wildman–Crippen MR) is 63.1 cm³/mol. The molecule has 0 aliphatic carbocycles. The van der Waals surface area contributed by atoms with Crippen LogP contribution in [0.2, 0.25) is 0 Å². The van der Waals surface area contributed by atoms with Gasteiger partial charge >= 0.3 is 0 Å². The van der Waals surface area contributed by atoms with E-state index in [1.165, 1.54) is 0 Å². The third-order valence-electron chi connectivity index (χ3n) is 2.97. The largest absolute Gasteiger partial charge is 0.330 e. The first-order valence-electron chi connectivity index (χ1n) is 5.71. The van der Waals surface area contributed by atoms with Crippen molar-refractivity contribution >= 4 is 11.7 Å². The maximum atomic E-state index is 11.8. The molecule has 0 radical (unpaired) electrons. The van der Waals surface area contributed by atoms with Gasteiger partial charge in [-0.15, -0.1) is 0 Å². The highest BCUT2D eigenvalue weighted by Gasteiger charge is 2.30. The molecule has 0 saturated carbocycles. The summed E-state index contributed by atoms with van der Waals surface area (Å²) in [6.45, 7) is 3.33. The fourth-order valence-electron chi connectivity index (χ4n) is 1.98. The molecule has 0 spiro atoms. The number of carbonyl (C=O) groups is 1. The summed E-state index contributed by atoms with van der Waals surface area (Å²) in [6, 6.07) is 5.81.